The molecular weight excluding hydrogens is 286 g/mol. The number of nitrogens with one attached hydrogen (secondary N) is 2. The average Bonchev–Trinajstić information content (AvgIpc) is 2.44. The van der Waals surface area contributed by atoms with E-state index in [-0.39, 0.29) is 18.2 Å². The van der Waals surface area contributed by atoms with Gasteiger partial charge in [0.2, 0.25) is 11.8 Å². The number of carbonyl (C=O) groups excluding carboxylic acids is 2. The number of anilines is 1. The summed E-state index contributed by atoms with van der Waals surface area (Å²) in [5, 5.41) is 5.49. The van der Waals surface area contributed by atoms with Crippen molar-refractivity contribution < 1.29 is 9.59 Å². The summed E-state index contributed by atoms with van der Waals surface area (Å²) in [6.45, 7) is 5.94. The minimum Gasteiger partial charge on any atom is -0.325 e. The topological polar surface area (TPSA) is 70.6 Å². The standard InChI is InChI=1S/C15H17N3O2S/c1-3-7-16-15-18-13(19)9-12(21-15)14(20)17-11-6-4-5-10(2)8-11/h3-6,8,12H,1,7,9H2,2H3,(H,17,20)(H,16,18,19). The zero-order valence-corrected chi connectivity index (χ0v) is 12.6. The number of amidine groups is 1. The second-order valence-electron chi connectivity index (χ2n) is 4.65. The average molecular weight is 303 g/mol. The van der Waals surface area contributed by atoms with E-state index in [1.807, 2.05) is 31.2 Å². The van der Waals surface area contributed by atoms with Gasteiger partial charge >= 0.3 is 0 Å². The number of aryl methyl sites for hydroxylation is 1. The third-order valence-electron chi connectivity index (χ3n) is 2.81. The number of nitrogens with zero attached hydrogens (tertiary/aromatic N) is 1. The van der Waals surface area contributed by atoms with Crippen molar-refractivity contribution in [2.75, 3.05) is 11.9 Å². The van der Waals surface area contributed by atoms with Gasteiger partial charge in [-0.05, 0) is 24.6 Å². The van der Waals surface area contributed by atoms with Crippen LogP contribution in [0, 0.1) is 6.92 Å². The van der Waals surface area contributed by atoms with Crippen LogP contribution in [0.4, 0.5) is 5.69 Å². The van der Waals surface area contributed by atoms with Crippen molar-refractivity contribution in [3.63, 3.8) is 0 Å². The van der Waals surface area contributed by atoms with Gasteiger partial charge in [0.25, 0.3) is 0 Å². The Hall–Kier alpha value is -2.08. The van der Waals surface area contributed by atoms with Crippen molar-refractivity contribution in [3.05, 3.63) is 42.5 Å². The monoisotopic (exact) mass is 303 g/mol. The first kappa shape index (κ1) is 15.3. The molecule has 1 aliphatic heterocycles. The molecule has 1 fully saturated rings. The molecule has 0 radical (unpaired) electrons. The lowest BCUT2D eigenvalue weighted by Crippen LogP contribution is -2.42. The van der Waals surface area contributed by atoms with Crippen LogP contribution in [0.25, 0.3) is 0 Å². The Morgan fingerprint density at radius 1 is 1.62 bits per heavy atom. The summed E-state index contributed by atoms with van der Waals surface area (Å²) in [4.78, 5) is 28.1. The lowest BCUT2D eigenvalue weighted by atomic mass is 10.2. The Morgan fingerprint density at radius 2 is 2.43 bits per heavy atom. The number of carbonyl (C=O) groups is 2. The van der Waals surface area contributed by atoms with Gasteiger partial charge < -0.3 is 10.6 Å². The van der Waals surface area contributed by atoms with Crippen LogP contribution in [-0.2, 0) is 9.59 Å². The summed E-state index contributed by atoms with van der Waals surface area (Å²) in [7, 11) is 0. The molecule has 6 heteroatoms. The van der Waals surface area contributed by atoms with E-state index >= 15 is 0 Å². The second-order valence-corrected chi connectivity index (χ2v) is 5.84. The molecule has 110 valence electrons. The Morgan fingerprint density at radius 3 is 3.14 bits per heavy atom. The van der Waals surface area contributed by atoms with E-state index in [1.54, 1.807) is 6.08 Å². The number of benzene rings is 1. The molecule has 1 aliphatic rings. The van der Waals surface area contributed by atoms with Crippen LogP contribution in [-0.4, -0.2) is 28.8 Å². The minimum absolute atomic E-state index is 0.148. The molecule has 1 saturated heterocycles. The van der Waals surface area contributed by atoms with Crippen molar-refractivity contribution >= 4 is 34.4 Å². The zero-order chi connectivity index (χ0) is 15.2. The summed E-state index contributed by atoms with van der Waals surface area (Å²) in [6.07, 6.45) is 1.78. The van der Waals surface area contributed by atoms with Gasteiger partial charge in [0.15, 0.2) is 5.17 Å². The molecule has 0 aromatic heterocycles. The van der Waals surface area contributed by atoms with E-state index in [0.29, 0.717) is 11.7 Å². The molecule has 1 aromatic rings. The van der Waals surface area contributed by atoms with Gasteiger partial charge in [-0.1, -0.05) is 30.0 Å². The van der Waals surface area contributed by atoms with Crippen molar-refractivity contribution in [1.82, 2.24) is 5.32 Å². The van der Waals surface area contributed by atoms with Crippen LogP contribution >= 0.6 is 11.8 Å². The largest absolute Gasteiger partial charge is 0.325 e. The number of thioether (sulfide) groups is 1. The normalized spacial score (nSPS) is 20.0. The Balaban J connectivity index is 2.04. The highest BCUT2D eigenvalue weighted by atomic mass is 32.2. The maximum Gasteiger partial charge on any atom is 0.238 e. The lowest BCUT2D eigenvalue weighted by Gasteiger charge is -2.22. The Labute approximate surface area is 127 Å². The van der Waals surface area contributed by atoms with Gasteiger partial charge in [0, 0.05) is 12.1 Å². The molecule has 1 unspecified atom stereocenters. The maximum absolute atomic E-state index is 12.3. The highest BCUT2D eigenvalue weighted by Gasteiger charge is 2.30. The SMILES string of the molecule is C=CCN=C1NC(=O)CC(C(=O)Nc2cccc(C)c2)S1. The van der Waals surface area contributed by atoms with E-state index in [0.717, 1.165) is 11.3 Å². The van der Waals surface area contributed by atoms with Crippen LogP contribution < -0.4 is 10.6 Å². The van der Waals surface area contributed by atoms with Crippen molar-refractivity contribution in [3.8, 4) is 0 Å². The maximum atomic E-state index is 12.3. The highest BCUT2D eigenvalue weighted by Crippen LogP contribution is 2.22. The summed E-state index contributed by atoms with van der Waals surface area (Å²) in [5.41, 5.74) is 1.80. The summed E-state index contributed by atoms with van der Waals surface area (Å²) >= 11 is 1.26. The Kier molecular flexibility index (Phi) is 5.16. The van der Waals surface area contributed by atoms with E-state index in [9.17, 15) is 9.59 Å². The first-order valence-electron chi connectivity index (χ1n) is 6.58. The highest BCUT2D eigenvalue weighted by molar-refractivity contribution is 8.15. The van der Waals surface area contributed by atoms with Gasteiger partial charge in [-0.3, -0.25) is 14.6 Å². The van der Waals surface area contributed by atoms with Crippen LogP contribution in [0.3, 0.4) is 0 Å². The fraction of sp³-hybridized carbons (Fsp3) is 0.267. The minimum atomic E-state index is -0.470. The summed E-state index contributed by atoms with van der Waals surface area (Å²) in [6, 6.07) is 7.55. The summed E-state index contributed by atoms with van der Waals surface area (Å²) < 4.78 is 0. The van der Waals surface area contributed by atoms with E-state index in [4.69, 9.17) is 0 Å². The van der Waals surface area contributed by atoms with Gasteiger partial charge in [-0.25, -0.2) is 0 Å². The number of hydrogen-bond donors (Lipinski definition) is 2. The fourth-order valence-corrected chi connectivity index (χ4v) is 2.85. The molecule has 1 aromatic carbocycles. The molecule has 2 rings (SSSR count). The molecule has 1 atom stereocenters. The van der Waals surface area contributed by atoms with Crippen LogP contribution in [0.15, 0.2) is 41.9 Å². The molecule has 0 spiro atoms. The number of aliphatic imine (C=N–C) groups is 1. The quantitative estimate of drug-likeness (QED) is 0.837. The molecule has 0 aliphatic carbocycles. The number of hydrogen-bond acceptors (Lipinski definition) is 4. The van der Waals surface area contributed by atoms with E-state index in [1.165, 1.54) is 11.8 Å². The zero-order valence-electron chi connectivity index (χ0n) is 11.8. The second kappa shape index (κ2) is 7.08. The smallest absolute Gasteiger partial charge is 0.238 e. The number of amides is 2. The van der Waals surface area contributed by atoms with Gasteiger partial charge in [0.05, 0.1) is 6.54 Å². The van der Waals surface area contributed by atoms with E-state index in [2.05, 4.69) is 22.2 Å². The Bertz CT molecular complexity index is 598. The predicted octanol–water partition coefficient (Wildman–Crippen LogP) is 2.10. The molecule has 2 amide bonds. The lowest BCUT2D eigenvalue weighted by molar-refractivity contribution is -0.123. The predicted molar refractivity (Wildman–Crippen MR) is 86.4 cm³/mol. The fourth-order valence-electron chi connectivity index (χ4n) is 1.86. The third-order valence-corrected chi connectivity index (χ3v) is 3.93. The van der Waals surface area contributed by atoms with Gasteiger partial charge in [0.1, 0.15) is 5.25 Å². The molecule has 21 heavy (non-hydrogen) atoms. The van der Waals surface area contributed by atoms with Crippen LogP contribution in [0.2, 0.25) is 0 Å². The van der Waals surface area contributed by atoms with E-state index < -0.39 is 5.25 Å². The summed E-state index contributed by atoms with van der Waals surface area (Å²) in [5.74, 6) is -0.382. The first-order valence-corrected chi connectivity index (χ1v) is 7.46. The van der Waals surface area contributed by atoms with Crippen LogP contribution in [0.5, 0.6) is 0 Å². The van der Waals surface area contributed by atoms with Crippen LogP contribution in [0.1, 0.15) is 12.0 Å². The molecular formula is C15H17N3O2S. The molecule has 0 saturated carbocycles. The first-order chi connectivity index (χ1) is 10.1. The van der Waals surface area contributed by atoms with Gasteiger partial charge in [-0.2, -0.15) is 0 Å². The van der Waals surface area contributed by atoms with Crippen molar-refractivity contribution in [2.45, 2.75) is 18.6 Å². The molecule has 5 nitrogen and oxygen atoms in total. The third kappa shape index (κ3) is 4.46. The van der Waals surface area contributed by atoms with Crippen molar-refractivity contribution in [2.24, 2.45) is 4.99 Å². The van der Waals surface area contributed by atoms with Gasteiger partial charge in [-0.15, -0.1) is 6.58 Å². The number of rotatable bonds is 4. The molecule has 2 N–H and O–H groups in total. The van der Waals surface area contributed by atoms with Crippen molar-refractivity contribution in [1.29, 1.82) is 0 Å². The molecule has 1 heterocycles. The molecule has 0 bridgehead atoms.